The molecule has 2 aromatic rings. The number of esters is 1. The average molecular weight is 244 g/mol. The fourth-order valence-corrected chi connectivity index (χ4v) is 1.95. The Hall–Kier alpha value is -2.10. The second-order valence-corrected chi connectivity index (χ2v) is 4.20. The van der Waals surface area contributed by atoms with Gasteiger partial charge in [0.25, 0.3) is 0 Å². The van der Waals surface area contributed by atoms with Crippen molar-refractivity contribution in [1.29, 1.82) is 0 Å². The Bertz CT molecular complexity index is 621. The van der Waals surface area contributed by atoms with E-state index >= 15 is 0 Å². The number of hydrogen-bond donors (Lipinski definition) is 1. The molecule has 0 radical (unpaired) electrons. The van der Waals surface area contributed by atoms with E-state index in [-0.39, 0.29) is 0 Å². The normalized spacial score (nSPS) is 10.4. The van der Waals surface area contributed by atoms with Gasteiger partial charge in [-0.2, -0.15) is 0 Å². The third-order valence-electron chi connectivity index (χ3n) is 3.17. The summed E-state index contributed by atoms with van der Waals surface area (Å²) in [5.41, 5.74) is 4.27. The summed E-state index contributed by atoms with van der Waals surface area (Å²) >= 11 is 0. The van der Waals surface area contributed by atoms with Gasteiger partial charge in [0.1, 0.15) is 0 Å². The molecular formula is C14H16N2O2. The number of benzene rings is 1. The predicted octanol–water partition coefficient (Wildman–Crippen LogP) is 2.68. The molecule has 0 bridgehead atoms. The number of nitrogens with one attached hydrogen (secondary N) is 1. The largest absolute Gasteiger partial charge is 0.464 e. The first-order valence-electron chi connectivity index (χ1n) is 5.75. The maximum absolute atomic E-state index is 11.6. The van der Waals surface area contributed by atoms with Gasteiger partial charge in [0.05, 0.1) is 12.6 Å². The molecule has 0 aliphatic rings. The zero-order chi connectivity index (χ0) is 13.3. The summed E-state index contributed by atoms with van der Waals surface area (Å²) in [5, 5.41) is 4.10. The molecule has 0 amide bonds. The van der Waals surface area contributed by atoms with Crippen molar-refractivity contribution >= 4 is 22.6 Å². The summed E-state index contributed by atoms with van der Waals surface area (Å²) in [6.07, 6.45) is 0. The van der Waals surface area contributed by atoms with Crippen LogP contribution in [0.2, 0.25) is 0 Å². The van der Waals surface area contributed by atoms with E-state index in [1.54, 1.807) is 6.07 Å². The summed E-state index contributed by atoms with van der Waals surface area (Å²) in [4.78, 5) is 16.0. The molecule has 18 heavy (non-hydrogen) atoms. The number of nitrogens with zero attached hydrogens (tertiary/aromatic N) is 1. The van der Waals surface area contributed by atoms with E-state index in [4.69, 9.17) is 4.74 Å². The molecule has 0 spiro atoms. The number of pyridine rings is 1. The van der Waals surface area contributed by atoms with Crippen molar-refractivity contribution in [3.63, 3.8) is 0 Å². The van der Waals surface area contributed by atoms with Gasteiger partial charge in [0.15, 0.2) is 5.69 Å². The molecule has 4 nitrogen and oxygen atoms in total. The standard InChI is InChI=1S/C14H16N2O2/c1-8-5-6-10-11(15-3)7-12(14(17)18-4)16-13(10)9(8)2/h5-7H,1-4H3,(H,15,16). The quantitative estimate of drug-likeness (QED) is 0.825. The van der Waals surface area contributed by atoms with Crippen LogP contribution >= 0.6 is 0 Å². The summed E-state index contributed by atoms with van der Waals surface area (Å²) in [6, 6.07) is 5.78. The van der Waals surface area contributed by atoms with Gasteiger partial charge in [-0.05, 0) is 31.0 Å². The highest BCUT2D eigenvalue weighted by Gasteiger charge is 2.13. The van der Waals surface area contributed by atoms with E-state index in [2.05, 4.69) is 16.4 Å². The Kier molecular flexibility index (Phi) is 3.19. The molecule has 0 atom stereocenters. The van der Waals surface area contributed by atoms with Crippen LogP contribution in [0.25, 0.3) is 10.9 Å². The minimum Gasteiger partial charge on any atom is -0.464 e. The van der Waals surface area contributed by atoms with Crippen LogP contribution in [0.15, 0.2) is 18.2 Å². The molecular weight excluding hydrogens is 228 g/mol. The number of fused-ring (bicyclic) bond motifs is 1. The lowest BCUT2D eigenvalue weighted by atomic mass is 10.0. The molecule has 1 N–H and O–H groups in total. The van der Waals surface area contributed by atoms with Gasteiger partial charge in [-0.15, -0.1) is 0 Å². The minimum atomic E-state index is -0.422. The van der Waals surface area contributed by atoms with Crippen LogP contribution in [0.4, 0.5) is 5.69 Å². The Labute approximate surface area is 106 Å². The van der Waals surface area contributed by atoms with Crippen molar-refractivity contribution in [2.45, 2.75) is 13.8 Å². The van der Waals surface area contributed by atoms with E-state index in [9.17, 15) is 4.79 Å². The lowest BCUT2D eigenvalue weighted by Gasteiger charge is -2.11. The summed E-state index contributed by atoms with van der Waals surface area (Å²) in [6.45, 7) is 4.03. The van der Waals surface area contributed by atoms with E-state index in [0.717, 1.165) is 27.7 Å². The molecule has 2 rings (SSSR count). The number of anilines is 1. The zero-order valence-electron chi connectivity index (χ0n) is 11.0. The topological polar surface area (TPSA) is 51.2 Å². The van der Waals surface area contributed by atoms with E-state index < -0.39 is 5.97 Å². The Morgan fingerprint density at radius 1 is 1.33 bits per heavy atom. The fraction of sp³-hybridized carbons (Fsp3) is 0.286. The van der Waals surface area contributed by atoms with Gasteiger partial charge in [-0.25, -0.2) is 9.78 Å². The highest BCUT2D eigenvalue weighted by Crippen LogP contribution is 2.27. The van der Waals surface area contributed by atoms with Crippen LogP contribution in [-0.2, 0) is 4.74 Å². The molecule has 0 fully saturated rings. The van der Waals surface area contributed by atoms with Crippen molar-refractivity contribution in [2.24, 2.45) is 0 Å². The first kappa shape index (κ1) is 12.4. The molecule has 94 valence electrons. The van der Waals surface area contributed by atoms with E-state index in [1.165, 1.54) is 7.11 Å². The fourth-order valence-electron chi connectivity index (χ4n) is 1.95. The van der Waals surface area contributed by atoms with Crippen LogP contribution in [0.5, 0.6) is 0 Å². The molecule has 0 saturated carbocycles. The molecule has 0 unspecified atom stereocenters. The molecule has 0 aliphatic carbocycles. The summed E-state index contributed by atoms with van der Waals surface area (Å²) in [5.74, 6) is -0.422. The first-order chi connectivity index (χ1) is 8.58. The maximum Gasteiger partial charge on any atom is 0.356 e. The second kappa shape index (κ2) is 4.64. The molecule has 0 aliphatic heterocycles. The van der Waals surface area contributed by atoms with Gasteiger partial charge in [0.2, 0.25) is 0 Å². The molecule has 1 aromatic heterocycles. The van der Waals surface area contributed by atoms with Crippen molar-refractivity contribution in [3.8, 4) is 0 Å². The molecule has 1 heterocycles. The Balaban J connectivity index is 2.80. The predicted molar refractivity (Wildman–Crippen MR) is 72.1 cm³/mol. The smallest absolute Gasteiger partial charge is 0.356 e. The van der Waals surface area contributed by atoms with Gasteiger partial charge in [-0.1, -0.05) is 12.1 Å². The highest BCUT2D eigenvalue weighted by molar-refractivity contribution is 5.99. The zero-order valence-corrected chi connectivity index (χ0v) is 11.0. The van der Waals surface area contributed by atoms with Crippen LogP contribution < -0.4 is 5.32 Å². The molecule has 1 aromatic carbocycles. The van der Waals surface area contributed by atoms with Crippen LogP contribution in [-0.4, -0.2) is 25.1 Å². The lowest BCUT2D eigenvalue weighted by Crippen LogP contribution is -2.06. The number of rotatable bonds is 2. The number of methoxy groups -OCH3 is 1. The van der Waals surface area contributed by atoms with Gasteiger partial charge >= 0.3 is 5.97 Å². The summed E-state index contributed by atoms with van der Waals surface area (Å²) in [7, 11) is 3.18. The maximum atomic E-state index is 11.6. The number of carbonyl (C=O) groups is 1. The van der Waals surface area contributed by atoms with Crippen molar-refractivity contribution in [3.05, 3.63) is 35.0 Å². The van der Waals surface area contributed by atoms with Gasteiger partial charge in [-0.3, -0.25) is 0 Å². The lowest BCUT2D eigenvalue weighted by molar-refractivity contribution is 0.0594. The van der Waals surface area contributed by atoms with Crippen LogP contribution in [0, 0.1) is 13.8 Å². The third kappa shape index (κ3) is 1.90. The van der Waals surface area contributed by atoms with Crippen molar-refractivity contribution in [2.75, 3.05) is 19.5 Å². The molecule has 0 saturated heterocycles. The number of hydrogen-bond acceptors (Lipinski definition) is 4. The van der Waals surface area contributed by atoms with Gasteiger partial charge in [0, 0.05) is 18.1 Å². The summed E-state index contributed by atoms with van der Waals surface area (Å²) < 4.78 is 4.73. The van der Waals surface area contributed by atoms with Crippen molar-refractivity contribution in [1.82, 2.24) is 4.98 Å². The SMILES string of the molecule is CNc1cc(C(=O)OC)nc2c(C)c(C)ccc12. The van der Waals surface area contributed by atoms with E-state index in [1.807, 2.05) is 27.0 Å². The molecule has 4 heteroatoms. The average Bonchev–Trinajstić information content (AvgIpc) is 2.41. The minimum absolute atomic E-state index is 0.322. The van der Waals surface area contributed by atoms with Gasteiger partial charge < -0.3 is 10.1 Å². The number of carbonyl (C=O) groups excluding carboxylic acids is 1. The number of aromatic nitrogens is 1. The van der Waals surface area contributed by atoms with Crippen molar-refractivity contribution < 1.29 is 9.53 Å². The second-order valence-electron chi connectivity index (χ2n) is 4.20. The Morgan fingerprint density at radius 3 is 2.67 bits per heavy atom. The van der Waals surface area contributed by atoms with Crippen LogP contribution in [0.3, 0.4) is 0 Å². The first-order valence-corrected chi connectivity index (χ1v) is 5.75. The number of ether oxygens (including phenoxy) is 1. The monoisotopic (exact) mass is 244 g/mol. The third-order valence-corrected chi connectivity index (χ3v) is 3.17. The number of aryl methyl sites for hydroxylation is 2. The van der Waals surface area contributed by atoms with E-state index in [0.29, 0.717) is 5.69 Å². The Morgan fingerprint density at radius 2 is 2.06 bits per heavy atom. The highest BCUT2D eigenvalue weighted by atomic mass is 16.5. The van der Waals surface area contributed by atoms with Crippen LogP contribution in [0.1, 0.15) is 21.6 Å².